The highest BCUT2D eigenvalue weighted by Gasteiger charge is 2.52. The molecule has 0 spiro atoms. The molecule has 0 aromatic heterocycles. The molecular formula is C34H42O9. The first-order valence-electron chi connectivity index (χ1n) is 15.0. The average Bonchev–Trinajstić information content (AvgIpc) is 2.99. The van der Waals surface area contributed by atoms with Crippen molar-refractivity contribution < 1.29 is 43.4 Å². The number of carboxylic acids is 1. The third-order valence-corrected chi connectivity index (χ3v) is 9.20. The van der Waals surface area contributed by atoms with Crippen LogP contribution in [0, 0.1) is 29.6 Å². The maximum atomic E-state index is 11.4. The van der Waals surface area contributed by atoms with Crippen LogP contribution in [0.4, 0.5) is 0 Å². The van der Waals surface area contributed by atoms with Crippen molar-refractivity contribution >= 4 is 5.97 Å². The van der Waals surface area contributed by atoms with Gasteiger partial charge in [0.15, 0.2) is 26.2 Å². The van der Waals surface area contributed by atoms with Gasteiger partial charge in [-0.25, -0.2) is 4.79 Å². The Morgan fingerprint density at radius 1 is 0.884 bits per heavy atom. The number of carbonyl (C=O) groups is 1. The molecular weight excluding hydrogens is 552 g/mol. The molecule has 6 rings (SSSR count). The summed E-state index contributed by atoms with van der Waals surface area (Å²) in [5, 5.41) is 20.6. The van der Waals surface area contributed by atoms with Crippen molar-refractivity contribution in [2.75, 3.05) is 27.8 Å². The summed E-state index contributed by atoms with van der Waals surface area (Å²) in [6, 6.07) is 10.1. The Bertz CT molecular complexity index is 1290. The summed E-state index contributed by atoms with van der Waals surface area (Å²) < 4.78 is 34.0. The summed E-state index contributed by atoms with van der Waals surface area (Å²) in [6.45, 7) is 3.46. The van der Waals surface area contributed by atoms with E-state index in [1.54, 1.807) is 40.2 Å². The van der Waals surface area contributed by atoms with Crippen LogP contribution >= 0.6 is 0 Å². The molecule has 2 aromatic rings. The SMILES string of the molecule is COC(C)OCOc1cc(OCOC(C)OC)c(C23CC4CC(CC(C4)C2)C3)cc1C(O)C#Cc1ccc(C(=O)O)cc1. The molecule has 43 heavy (non-hydrogen) atoms. The van der Waals surface area contributed by atoms with E-state index in [0.717, 1.165) is 24.8 Å². The summed E-state index contributed by atoms with van der Waals surface area (Å²) >= 11 is 0. The van der Waals surface area contributed by atoms with Crippen LogP contribution in [0.1, 0.15) is 85.5 Å². The lowest BCUT2D eigenvalue weighted by Crippen LogP contribution is -2.48. The molecule has 4 fully saturated rings. The van der Waals surface area contributed by atoms with Crippen LogP contribution in [0.3, 0.4) is 0 Å². The van der Waals surface area contributed by atoms with Gasteiger partial charge < -0.3 is 38.6 Å². The van der Waals surface area contributed by atoms with Gasteiger partial charge in [0, 0.05) is 37.0 Å². The zero-order valence-electron chi connectivity index (χ0n) is 25.3. The van der Waals surface area contributed by atoms with Crippen molar-refractivity contribution in [2.45, 2.75) is 76.5 Å². The molecule has 2 aromatic carbocycles. The second-order valence-corrected chi connectivity index (χ2v) is 12.1. The molecule has 0 saturated heterocycles. The van der Waals surface area contributed by atoms with Crippen molar-refractivity contribution in [2.24, 2.45) is 17.8 Å². The molecule has 4 aliphatic carbocycles. The predicted molar refractivity (Wildman–Crippen MR) is 158 cm³/mol. The van der Waals surface area contributed by atoms with Crippen LogP contribution in [-0.2, 0) is 24.4 Å². The highest BCUT2D eigenvalue weighted by Crippen LogP contribution is 2.62. The molecule has 4 aliphatic rings. The molecule has 0 amide bonds. The number of methoxy groups -OCH3 is 2. The quantitative estimate of drug-likeness (QED) is 0.225. The van der Waals surface area contributed by atoms with Gasteiger partial charge in [0.25, 0.3) is 0 Å². The smallest absolute Gasteiger partial charge is 0.335 e. The fraction of sp³-hybridized carbons (Fsp3) is 0.559. The van der Waals surface area contributed by atoms with Gasteiger partial charge >= 0.3 is 5.97 Å². The lowest BCUT2D eigenvalue weighted by Gasteiger charge is -2.57. The first-order chi connectivity index (χ1) is 20.7. The van der Waals surface area contributed by atoms with E-state index < -0.39 is 24.7 Å². The van der Waals surface area contributed by atoms with E-state index in [0.29, 0.717) is 40.4 Å². The second-order valence-electron chi connectivity index (χ2n) is 12.1. The van der Waals surface area contributed by atoms with Crippen molar-refractivity contribution in [3.05, 3.63) is 58.7 Å². The van der Waals surface area contributed by atoms with Crippen molar-refractivity contribution in [1.82, 2.24) is 0 Å². The first-order valence-corrected chi connectivity index (χ1v) is 15.0. The lowest BCUT2D eigenvalue weighted by atomic mass is 9.48. The summed E-state index contributed by atoms with van der Waals surface area (Å²) in [5.74, 6) is 8.05. The van der Waals surface area contributed by atoms with Crippen molar-refractivity contribution in [3.8, 4) is 23.3 Å². The van der Waals surface area contributed by atoms with Gasteiger partial charge in [-0.2, -0.15) is 0 Å². The minimum Gasteiger partial charge on any atom is -0.478 e. The largest absolute Gasteiger partial charge is 0.478 e. The summed E-state index contributed by atoms with van der Waals surface area (Å²) in [4.78, 5) is 11.2. The lowest BCUT2D eigenvalue weighted by molar-refractivity contribution is -0.151. The number of aliphatic hydroxyl groups is 1. The molecule has 3 atom stereocenters. The summed E-state index contributed by atoms with van der Waals surface area (Å²) in [5.41, 5.74) is 2.29. The van der Waals surface area contributed by atoms with Gasteiger partial charge in [0.1, 0.15) is 17.6 Å². The topological polar surface area (TPSA) is 113 Å². The van der Waals surface area contributed by atoms with E-state index in [1.807, 2.05) is 12.1 Å². The first kappa shape index (κ1) is 31.3. The third kappa shape index (κ3) is 7.34. The maximum Gasteiger partial charge on any atom is 0.335 e. The second kappa shape index (κ2) is 13.7. The molecule has 0 radical (unpaired) electrons. The van der Waals surface area contributed by atoms with E-state index in [1.165, 1.54) is 31.4 Å². The summed E-state index contributed by atoms with van der Waals surface area (Å²) in [7, 11) is 3.13. The van der Waals surface area contributed by atoms with Gasteiger partial charge in [-0.15, -0.1) is 0 Å². The number of hydrogen-bond donors (Lipinski definition) is 2. The van der Waals surface area contributed by atoms with Crippen LogP contribution in [-0.4, -0.2) is 56.6 Å². The fourth-order valence-electron chi connectivity index (χ4n) is 7.34. The van der Waals surface area contributed by atoms with E-state index in [4.69, 9.17) is 28.4 Å². The number of rotatable bonds is 13. The van der Waals surface area contributed by atoms with Crippen LogP contribution in [0.25, 0.3) is 0 Å². The molecule has 4 saturated carbocycles. The number of benzene rings is 2. The Morgan fingerprint density at radius 2 is 1.42 bits per heavy atom. The number of aliphatic hydroxyl groups excluding tert-OH is 1. The van der Waals surface area contributed by atoms with Crippen molar-refractivity contribution in [1.29, 1.82) is 0 Å². The minimum absolute atomic E-state index is 0.000927. The highest BCUT2D eigenvalue weighted by molar-refractivity contribution is 5.87. The molecule has 0 heterocycles. The van der Waals surface area contributed by atoms with Crippen LogP contribution in [0.5, 0.6) is 11.5 Å². The highest BCUT2D eigenvalue weighted by atomic mass is 16.8. The minimum atomic E-state index is -1.18. The number of carboxylic acid groups (broad SMARTS) is 1. The molecule has 9 nitrogen and oxygen atoms in total. The van der Waals surface area contributed by atoms with Crippen LogP contribution in [0.15, 0.2) is 36.4 Å². The van der Waals surface area contributed by atoms with Crippen LogP contribution < -0.4 is 9.47 Å². The number of aromatic carboxylic acids is 1. The number of hydrogen-bond acceptors (Lipinski definition) is 8. The van der Waals surface area contributed by atoms with Gasteiger partial charge in [-0.3, -0.25) is 0 Å². The van der Waals surface area contributed by atoms with Gasteiger partial charge in [-0.1, -0.05) is 11.8 Å². The summed E-state index contributed by atoms with van der Waals surface area (Å²) in [6.07, 6.45) is 5.08. The van der Waals surface area contributed by atoms with E-state index in [-0.39, 0.29) is 24.6 Å². The van der Waals surface area contributed by atoms with Gasteiger partial charge in [0.2, 0.25) is 0 Å². The van der Waals surface area contributed by atoms with E-state index in [9.17, 15) is 15.0 Å². The molecule has 232 valence electrons. The van der Waals surface area contributed by atoms with E-state index >= 15 is 0 Å². The third-order valence-electron chi connectivity index (χ3n) is 9.20. The Labute approximate surface area is 253 Å². The average molecular weight is 595 g/mol. The van der Waals surface area contributed by atoms with Gasteiger partial charge in [-0.05, 0) is 106 Å². The molecule has 2 N–H and O–H groups in total. The molecule has 4 bridgehead atoms. The van der Waals surface area contributed by atoms with E-state index in [2.05, 4.69) is 11.8 Å². The standard InChI is InChI=1S/C34H42O9/c1-21(38-3)40-19-42-31-15-32(43-20-41-22(2)39-4)29(34-16-24-11-25(17-34)13-26(12-24)18-34)14-28(31)30(35)10-7-23-5-8-27(9-6-23)33(36)37/h5-6,8-9,14-15,21-22,24-26,30,35H,11-13,16-20H2,1-4H3,(H,36,37). The fourth-order valence-corrected chi connectivity index (χ4v) is 7.34. The zero-order chi connectivity index (χ0) is 30.6. The van der Waals surface area contributed by atoms with Crippen LogP contribution in [0.2, 0.25) is 0 Å². The monoisotopic (exact) mass is 594 g/mol. The normalized spacial score (nSPS) is 25.8. The Hall–Kier alpha value is -3.13. The maximum absolute atomic E-state index is 11.4. The molecule has 3 unspecified atom stereocenters. The Balaban J connectivity index is 1.51. The predicted octanol–water partition coefficient (Wildman–Crippen LogP) is 5.63. The molecule has 9 heteroatoms. The zero-order valence-corrected chi connectivity index (χ0v) is 25.3. The Morgan fingerprint density at radius 3 is 1.93 bits per heavy atom. The number of ether oxygens (including phenoxy) is 6. The van der Waals surface area contributed by atoms with Crippen molar-refractivity contribution in [3.63, 3.8) is 0 Å². The molecule has 0 aliphatic heterocycles. The Kier molecular flexibility index (Phi) is 9.95. The van der Waals surface area contributed by atoms with Gasteiger partial charge in [0.05, 0.1) is 5.56 Å².